The molecule has 29 heavy (non-hydrogen) atoms. The molecule has 2 aromatic rings. The van der Waals surface area contributed by atoms with Crippen molar-refractivity contribution in [1.29, 1.82) is 0 Å². The number of nitrogens with zero attached hydrogens (tertiary/aromatic N) is 4. The maximum Gasteiger partial charge on any atom is 0.254 e. The van der Waals surface area contributed by atoms with E-state index in [-0.39, 0.29) is 11.5 Å². The molecule has 0 N–H and O–H groups in total. The van der Waals surface area contributed by atoms with Crippen molar-refractivity contribution in [3.05, 3.63) is 64.1 Å². The highest BCUT2D eigenvalue weighted by molar-refractivity contribution is 7.99. The zero-order valence-electron chi connectivity index (χ0n) is 17.1. The number of amides is 1. The Bertz CT molecular complexity index is 903. The Morgan fingerprint density at radius 3 is 2.59 bits per heavy atom. The summed E-state index contributed by atoms with van der Waals surface area (Å²) in [6.07, 6.45) is 5.02. The lowest BCUT2D eigenvalue weighted by Crippen LogP contribution is -2.49. The van der Waals surface area contributed by atoms with Crippen LogP contribution in [0.3, 0.4) is 0 Å². The second-order valence-corrected chi connectivity index (χ2v) is 8.01. The maximum atomic E-state index is 12.6. The number of aromatic nitrogens is 2. The number of hydrogen-bond acceptors (Lipinski definition) is 5. The van der Waals surface area contributed by atoms with E-state index in [1.807, 2.05) is 30.0 Å². The van der Waals surface area contributed by atoms with E-state index >= 15 is 0 Å². The van der Waals surface area contributed by atoms with Gasteiger partial charge >= 0.3 is 0 Å². The van der Waals surface area contributed by atoms with E-state index in [2.05, 4.69) is 34.2 Å². The van der Waals surface area contributed by atoms with Crippen LogP contribution in [0.2, 0.25) is 0 Å². The first-order valence-electron chi connectivity index (χ1n) is 9.98. The van der Waals surface area contributed by atoms with Gasteiger partial charge in [-0.3, -0.25) is 19.1 Å². The van der Waals surface area contributed by atoms with E-state index in [0.717, 1.165) is 38.4 Å². The zero-order chi connectivity index (χ0) is 20.6. The van der Waals surface area contributed by atoms with Gasteiger partial charge in [-0.1, -0.05) is 61.2 Å². The molecule has 1 saturated heterocycles. The highest BCUT2D eigenvalue weighted by atomic mass is 32.2. The number of hydrogen-bond donors (Lipinski definition) is 0. The van der Waals surface area contributed by atoms with Crippen LogP contribution in [0.4, 0.5) is 0 Å². The van der Waals surface area contributed by atoms with E-state index < -0.39 is 0 Å². The number of piperazine rings is 1. The highest BCUT2D eigenvalue weighted by Gasteiger charge is 2.21. The Hall–Kier alpha value is -2.38. The van der Waals surface area contributed by atoms with Crippen molar-refractivity contribution in [2.24, 2.45) is 7.05 Å². The average Bonchev–Trinajstić information content (AvgIpc) is 2.75. The number of thioether (sulfide) groups is 1. The van der Waals surface area contributed by atoms with Crippen LogP contribution in [0.25, 0.3) is 6.08 Å². The molecular formula is C22H28N4O2S. The molecule has 6 nitrogen and oxygen atoms in total. The fourth-order valence-electron chi connectivity index (χ4n) is 3.17. The van der Waals surface area contributed by atoms with Crippen LogP contribution >= 0.6 is 11.8 Å². The van der Waals surface area contributed by atoms with Crippen LogP contribution in [0.15, 0.2) is 52.4 Å². The Kier molecular flexibility index (Phi) is 7.66. The third kappa shape index (κ3) is 6.05. The summed E-state index contributed by atoms with van der Waals surface area (Å²) in [5.41, 5.74) is 1.89. The van der Waals surface area contributed by atoms with Gasteiger partial charge in [-0.15, -0.1) is 0 Å². The van der Waals surface area contributed by atoms with Gasteiger partial charge in [0.25, 0.3) is 5.56 Å². The third-order valence-corrected chi connectivity index (χ3v) is 6.05. The van der Waals surface area contributed by atoms with Gasteiger partial charge in [0.15, 0.2) is 5.16 Å². The summed E-state index contributed by atoms with van der Waals surface area (Å²) in [7, 11) is 1.70. The highest BCUT2D eigenvalue weighted by Crippen LogP contribution is 2.15. The lowest BCUT2D eigenvalue weighted by molar-refractivity contribution is -0.130. The van der Waals surface area contributed by atoms with Gasteiger partial charge < -0.3 is 4.90 Å². The van der Waals surface area contributed by atoms with Crippen molar-refractivity contribution >= 4 is 23.7 Å². The average molecular weight is 413 g/mol. The van der Waals surface area contributed by atoms with Gasteiger partial charge in [0.2, 0.25) is 5.91 Å². The molecule has 1 aromatic carbocycles. The van der Waals surface area contributed by atoms with Crippen LogP contribution in [0.5, 0.6) is 0 Å². The fourth-order valence-corrected chi connectivity index (χ4v) is 4.07. The zero-order valence-corrected chi connectivity index (χ0v) is 17.9. The van der Waals surface area contributed by atoms with Crippen molar-refractivity contribution < 1.29 is 4.79 Å². The molecule has 1 aromatic heterocycles. The summed E-state index contributed by atoms with van der Waals surface area (Å²) in [5, 5.41) is 0.604. The van der Waals surface area contributed by atoms with Gasteiger partial charge in [0, 0.05) is 51.5 Å². The topological polar surface area (TPSA) is 58.4 Å². The van der Waals surface area contributed by atoms with Gasteiger partial charge in [0.1, 0.15) is 0 Å². The second-order valence-electron chi connectivity index (χ2n) is 7.06. The van der Waals surface area contributed by atoms with Crippen LogP contribution in [-0.4, -0.2) is 63.7 Å². The van der Waals surface area contributed by atoms with Crippen molar-refractivity contribution in [3.8, 4) is 0 Å². The summed E-state index contributed by atoms with van der Waals surface area (Å²) in [6, 6.07) is 11.8. The standard InChI is InChI=1S/C22H28N4O2S/c1-3-19-16-20(27)24(2)22(23-19)29-17-21(28)26-14-12-25(13-15-26)11-7-10-18-8-5-4-6-9-18/h4-10,16H,3,11-15,17H2,1-2H3/b10-7+. The van der Waals surface area contributed by atoms with E-state index in [4.69, 9.17) is 0 Å². The summed E-state index contributed by atoms with van der Waals surface area (Å²) in [6.45, 7) is 6.08. The minimum absolute atomic E-state index is 0.0797. The van der Waals surface area contributed by atoms with Crippen LogP contribution in [0.1, 0.15) is 18.2 Å². The molecular weight excluding hydrogens is 384 g/mol. The number of aryl methyl sites for hydroxylation is 1. The predicted molar refractivity (Wildman–Crippen MR) is 118 cm³/mol. The molecule has 1 aliphatic heterocycles. The molecule has 0 bridgehead atoms. The van der Waals surface area contributed by atoms with Gasteiger partial charge in [-0.05, 0) is 12.0 Å². The monoisotopic (exact) mass is 412 g/mol. The summed E-state index contributed by atoms with van der Waals surface area (Å²) >= 11 is 1.34. The first kappa shape index (κ1) is 21.3. The van der Waals surface area contributed by atoms with Crippen LogP contribution in [-0.2, 0) is 18.3 Å². The number of benzene rings is 1. The Morgan fingerprint density at radius 2 is 1.90 bits per heavy atom. The third-order valence-electron chi connectivity index (χ3n) is 5.03. The molecule has 0 saturated carbocycles. The van der Waals surface area contributed by atoms with Crippen molar-refractivity contribution in [3.63, 3.8) is 0 Å². The molecule has 7 heteroatoms. The molecule has 1 aliphatic rings. The number of rotatable bonds is 7. The van der Waals surface area contributed by atoms with Crippen molar-refractivity contribution in [1.82, 2.24) is 19.4 Å². The molecule has 2 heterocycles. The van der Waals surface area contributed by atoms with Gasteiger partial charge in [-0.25, -0.2) is 4.98 Å². The van der Waals surface area contributed by atoms with Crippen molar-refractivity contribution in [2.45, 2.75) is 18.5 Å². The van der Waals surface area contributed by atoms with E-state index in [1.165, 1.54) is 21.9 Å². The number of carbonyl (C=O) groups excluding carboxylic acids is 1. The maximum absolute atomic E-state index is 12.6. The molecule has 0 spiro atoms. The Morgan fingerprint density at radius 1 is 1.17 bits per heavy atom. The Labute approximate surface area is 176 Å². The largest absolute Gasteiger partial charge is 0.339 e. The molecule has 0 radical (unpaired) electrons. The van der Waals surface area contributed by atoms with Crippen LogP contribution < -0.4 is 5.56 Å². The molecule has 3 rings (SSSR count). The predicted octanol–water partition coefficient (Wildman–Crippen LogP) is 2.29. The van der Waals surface area contributed by atoms with E-state index in [9.17, 15) is 9.59 Å². The first-order chi connectivity index (χ1) is 14.1. The minimum atomic E-state index is -0.0797. The first-order valence-corrected chi connectivity index (χ1v) is 11.0. The van der Waals surface area contributed by atoms with Crippen LogP contribution in [0, 0.1) is 0 Å². The SMILES string of the molecule is CCc1cc(=O)n(C)c(SCC(=O)N2CCN(C/C=C/c3ccccc3)CC2)n1. The molecule has 154 valence electrons. The fraction of sp³-hybridized carbons (Fsp3) is 0.409. The van der Waals surface area contributed by atoms with Gasteiger partial charge in [-0.2, -0.15) is 0 Å². The molecule has 0 aliphatic carbocycles. The lowest BCUT2D eigenvalue weighted by Gasteiger charge is -2.34. The molecule has 0 unspecified atom stereocenters. The summed E-state index contributed by atoms with van der Waals surface area (Å²) < 4.78 is 1.51. The van der Waals surface area contributed by atoms with Gasteiger partial charge in [0.05, 0.1) is 5.75 Å². The quantitative estimate of drug-likeness (QED) is 0.516. The minimum Gasteiger partial charge on any atom is -0.339 e. The summed E-state index contributed by atoms with van der Waals surface area (Å²) in [5.74, 6) is 0.409. The molecule has 0 atom stereocenters. The van der Waals surface area contributed by atoms with Crippen molar-refractivity contribution in [2.75, 3.05) is 38.5 Å². The smallest absolute Gasteiger partial charge is 0.254 e. The molecule has 1 fully saturated rings. The Balaban J connectivity index is 1.45. The lowest BCUT2D eigenvalue weighted by atomic mass is 10.2. The summed E-state index contributed by atoms with van der Waals surface area (Å²) in [4.78, 5) is 33.3. The normalized spacial score (nSPS) is 15.2. The van der Waals surface area contributed by atoms with E-state index in [1.54, 1.807) is 13.1 Å². The number of carbonyl (C=O) groups is 1. The molecule has 1 amide bonds. The second kappa shape index (κ2) is 10.4. The van der Waals surface area contributed by atoms with E-state index in [0.29, 0.717) is 17.3 Å².